The summed E-state index contributed by atoms with van der Waals surface area (Å²) in [7, 11) is 0. The number of aromatic nitrogens is 1. The molecule has 1 rings (SSSR count). The van der Waals surface area contributed by atoms with Gasteiger partial charge >= 0.3 is 5.97 Å². The second kappa shape index (κ2) is 4.49. The number of aliphatic carboxylic acids is 1. The maximum atomic E-state index is 11.6. The van der Waals surface area contributed by atoms with Gasteiger partial charge in [0.1, 0.15) is 5.41 Å². The van der Waals surface area contributed by atoms with Crippen molar-refractivity contribution in [3.63, 3.8) is 0 Å². The van der Waals surface area contributed by atoms with Crippen LogP contribution in [-0.4, -0.2) is 22.0 Å². The van der Waals surface area contributed by atoms with E-state index in [4.69, 9.17) is 16.7 Å². The molecule has 0 saturated carbocycles. The van der Waals surface area contributed by atoms with Crippen LogP contribution in [-0.2, 0) is 9.59 Å². The third kappa shape index (κ3) is 2.49. The number of pyridine rings is 1. The van der Waals surface area contributed by atoms with Crippen molar-refractivity contribution in [1.82, 2.24) is 4.98 Å². The molecule has 1 heterocycles. The molecule has 0 spiro atoms. The summed E-state index contributed by atoms with van der Waals surface area (Å²) < 4.78 is 0. The molecular weight excluding hydrogens is 232 g/mol. The first-order valence-corrected chi connectivity index (χ1v) is 4.89. The first-order valence-electron chi connectivity index (χ1n) is 4.51. The van der Waals surface area contributed by atoms with Gasteiger partial charge in [-0.2, -0.15) is 0 Å². The average Bonchev–Trinajstić information content (AvgIpc) is 2.21. The van der Waals surface area contributed by atoms with Crippen LogP contribution in [0.4, 0.5) is 5.82 Å². The number of carbonyl (C=O) groups is 2. The molecule has 0 aromatic carbocycles. The number of nitrogens with zero attached hydrogens (tertiary/aromatic N) is 1. The molecule has 0 aliphatic rings. The highest BCUT2D eigenvalue weighted by atomic mass is 35.5. The quantitative estimate of drug-likeness (QED) is 0.792. The second-order valence-corrected chi connectivity index (χ2v) is 4.13. The summed E-state index contributed by atoms with van der Waals surface area (Å²) >= 11 is 5.77. The molecule has 1 aromatic rings. The Kier molecular flexibility index (Phi) is 3.49. The third-order valence-electron chi connectivity index (χ3n) is 2.09. The zero-order valence-corrected chi connectivity index (χ0v) is 9.58. The zero-order valence-electron chi connectivity index (χ0n) is 8.82. The lowest BCUT2D eigenvalue weighted by Gasteiger charge is -2.18. The highest BCUT2D eigenvalue weighted by molar-refractivity contribution is 6.33. The van der Waals surface area contributed by atoms with Crippen molar-refractivity contribution in [2.45, 2.75) is 13.8 Å². The number of carbonyl (C=O) groups excluding carboxylic acids is 1. The number of hydrogen-bond donors (Lipinski definition) is 2. The van der Waals surface area contributed by atoms with Gasteiger partial charge in [0.2, 0.25) is 5.91 Å². The highest BCUT2D eigenvalue weighted by Crippen LogP contribution is 2.22. The maximum absolute atomic E-state index is 11.6. The van der Waals surface area contributed by atoms with Crippen LogP contribution in [0, 0.1) is 5.41 Å². The van der Waals surface area contributed by atoms with E-state index in [1.807, 2.05) is 0 Å². The summed E-state index contributed by atoms with van der Waals surface area (Å²) in [6, 6.07) is 3.16. The molecule has 16 heavy (non-hydrogen) atoms. The Morgan fingerprint density at radius 1 is 1.50 bits per heavy atom. The summed E-state index contributed by atoms with van der Waals surface area (Å²) in [5.41, 5.74) is -1.53. The standard InChI is InChI=1S/C10H11ClN2O3/c1-10(2,9(15)16)8(14)13-7-6(11)4-3-5-12-7/h3-5H,1-2H3,(H,15,16)(H,12,13,14). The fraction of sp³-hybridized carbons (Fsp3) is 0.300. The van der Waals surface area contributed by atoms with Crippen LogP contribution in [0.3, 0.4) is 0 Å². The lowest BCUT2D eigenvalue weighted by molar-refractivity contribution is -0.151. The number of nitrogens with one attached hydrogen (secondary N) is 1. The second-order valence-electron chi connectivity index (χ2n) is 3.72. The summed E-state index contributed by atoms with van der Waals surface area (Å²) in [6.07, 6.45) is 1.45. The number of carboxylic acids is 1. The Hall–Kier alpha value is -1.62. The monoisotopic (exact) mass is 242 g/mol. The summed E-state index contributed by atoms with van der Waals surface area (Å²) in [5, 5.41) is 11.5. The predicted molar refractivity (Wildman–Crippen MR) is 59.3 cm³/mol. The zero-order chi connectivity index (χ0) is 12.3. The fourth-order valence-corrected chi connectivity index (χ4v) is 1.01. The lowest BCUT2D eigenvalue weighted by Crippen LogP contribution is -2.38. The maximum Gasteiger partial charge on any atom is 0.318 e. The van der Waals surface area contributed by atoms with Crippen molar-refractivity contribution in [2.24, 2.45) is 5.41 Å². The van der Waals surface area contributed by atoms with E-state index >= 15 is 0 Å². The van der Waals surface area contributed by atoms with E-state index < -0.39 is 17.3 Å². The first-order chi connectivity index (χ1) is 7.35. The van der Waals surface area contributed by atoms with Crippen molar-refractivity contribution in [1.29, 1.82) is 0 Å². The molecule has 2 N–H and O–H groups in total. The van der Waals surface area contributed by atoms with Crippen LogP contribution in [0.5, 0.6) is 0 Å². The summed E-state index contributed by atoms with van der Waals surface area (Å²) in [4.78, 5) is 26.3. The number of anilines is 1. The molecule has 0 fully saturated rings. The molecule has 5 nitrogen and oxygen atoms in total. The molecule has 0 atom stereocenters. The van der Waals surface area contributed by atoms with Gasteiger partial charge in [-0.1, -0.05) is 11.6 Å². The molecule has 86 valence electrons. The van der Waals surface area contributed by atoms with Crippen LogP contribution in [0.1, 0.15) is 13.8 Å². The molecule has 1 aromatic heterocycles. The van der Waals surface area contributed by atoms with Crippen molar-refractivity contribution in [3.05, 3.63) is 23.4 Å². The number of hydrogen-bond acceptors (Lipinski definition) is 3. The van der Waals surface area contributed by atoms with Crippen molar-refractivity contribution >= 4 is 29.3 Å². The van der Waals surface area contributed by atoms with Crippen molar-refractivity contribution < 1.29 is 14.7 Å². The minimum Gasteiger partial charge on any atom is -0.480 e. The number of rotatable bonds is 3. The Balaban J connectivity index is 2.88. The van der Waals surface area contributed by atoms with E-state index in [0.717, 1.165) is 0 Å². The molecule has 0 radical (unpaired) electrons. The van der Waals surface area contributed by atoms with Gasteiger partial charge in [-0.3, -0.25) is 9.59 Å². The van der Waals surface area contributed by atoms with E-state index in [1.165, 1.54) is 20.0 Å². The van der Waals surface area contributed by atoms with Gasteiger partial charge in [0, 0.05) is 6.20 Å². The van der Waals surface area contributed by atoms with Gasteiger partial charge in [0.05, 0.1) is 5.02 Å². The van der Waals surface area contributed by atoms with Crippen LogP contribution in [0.25, 0.3) is 0 Å². The van der Waals surface area contributed by atoms with Gasteiger partial charge < -0.3 is 10.4 Å². The van der Waals surface area contributed by atoms with Gasteiger partial charge in [0.25, 0.3) is 0 Å². The van der Waals surface area contributed by atoms with Crippen molar-refractivity contribution in [3.8, 4) is 0 Å². The highest BCUT2D eigenvalue weighted by Gasteiger charge is 2.36. The Bertz CT molecular complexity index is 432. The number of halogens is 1. The van der Waals surface area contributed by atoms with Crippen LogP contribution in [0.2, 0.25) is 5.02 Å². The van der Waals surface area contributed by atoms with Crippen molar-refractivity contribution in [2.75, 3.05) is 5.32 Å². The van der Waals surface area contributed by atoms with Crippen LogP contribution < -0.4 is 5.32 Å². The van der Waals surface area contributed by atoms with Gasteiger partial charge in [-0.15, -0.1) is 0 Å². The average molecular weight is 243 g/mol. The lowest BCUT2D eigenvalue weighted by atomic mass is 9.93. The van der Waals surface area contributed by atoms with E-state index in [2.05, 4.69) is 10.3 Å². The minimum atomic E-state index is -1.53. The van der Waals surface area contributed by atoms with Crippen LogP contribution >= 0.6 is 11.6 Å². The predicted octanol–water partition coefficient (Wildman–Crippen LogP) is 1.78. The normalized spacial score (nSPS) is 10.9. The van der Waals surface area contributed by atoms with E-state index in [1.54, 1.807) is 12.1 Å². The Labute approximate surface area is 97.4 Å². The molecule has 0 aliphatic carbocycles. The van der Waals surface area contributed by atoms with E-state index in [-0.39, 0.29) is 10.8 Å². The molecule has 1 amide bonds. The van der Waals surface area contributed by atoms with Gasteiger partial charge in [0.15, 0.2) is 5.82 Å². The summed E-state index contributed by atoms with van der Waals surface area (Å²) in [5.74, 6) is -1.72. The Morgan fingerprint density at radius 3 is 2.62 bits per heavy atom. The SMILES string of the molecule is CC(C)(C(=O)O)C(=O)Nc1ncccc1Cl. The smallest absolute Gasteiger partial charge is 0.318 e. The third-order valence-corrected chi connectivity index (χ3v) is 2.40. The van der Waals surface area contributed by atoms with Gasteiger partial charge in [-0.05, 0) is 26.0 Å². The summed E-state index contributed by atoms with van der Waals surface area (Å²) in [6.45, 7) is 2.61. The van der Waals surface area contributed by atoms with Crippen LogP contribution in [0.15, 0.2) is 18.3 Å². The first kappa shape index (κ1) is 12.4. The van der Waals surface area contributed by atoms with E-state index in [9.17, 15) is 9.59 Å². The molecular formula is C10H11ClN2O3. The Morgan fingerprint density at radius 2 is 2.12 bits per heavy atom. The topological polar surface area (TPSA) is 79.3 Å². The van der Waals surface area contributed by atoms with Gasteiger partial charge in [-0.25, -0.2) is 4.98 Å². The molecule has 0 unspecified atom stereocenters. The molecule has 0 aliphatic heterocycles. The molecule has 0 bridgehead atoms. The minimum absolute atomic E-state index is 0.156. The number of carboxylic acid groups (broad SMARTS) is 1. The number of amides is 1. The van der Waals surface area contributed by atoms with E-state index in [0.29, 0.717) is 0 Å². The largest absolute Gasteiger partial charge is 0.480 e. The molecule has 0 saturated heterocycles. The molecule has 6 heteroatoms. The fourth-order valence-electron chi connectivity index (χ4n) is 0.839.